The third-order valence-electron chi connectivity index (χ3n) is 2.81. The SMILES string of the molecule is CC(C)(C)C(=O)COC(=O)c1ccc(NC(=O)CC#N)cc1. The molecule has 0 aliphatic rings. The van der Waals surface area contributed by atoms with Crippen molar-refractivity contribution in [2.45, 2.75) is 27.2 Å². The molecule has 1 aromatic carbocycles. The maximum Gasteiger partial charge on any atom is 0.338 e. The Bertz CT molecular complexity index is 607. The molecule has 1 rings (SSSR count). The van der Waals surface area contributed by atoms with E-state index in [4.69, 9.17) is 10.00 Å². The first kappa shape index (κ1) is 17.4. The van der Waals surface area contributed by atoms with Crippen LogP contribution in [-0.4, -0.2) is 24.3 Å². The summed E-state index contributed by atoms with van der Waals surface area (Å²) < 4.78 is 4.96. The van der Waals surface area contributed by atoms with Crippen LogP contribution in [0.4, 0.5) is 5.69 Å². The monoisotopic (exact) mass is 302 g/mol. The number of esters is 1. The van der Waals surface area contributed by atoms with Crippen molar-refractivity contribution < 1.29 is 19.1 Å². The number of nitriles is 1. The maximum atomic E-state index is 11.8. The Kier molecular flexibility index (Phi) is 5.81. The van der Waals surface area contributed by atoms with Gasteiger partial charge in [-0.15, -0.1) is 0 Å². The van der Waals surface area contributed by atoms with Crippen molar-refractivity contribution in [3.8, 4) is 6.07 Å². The Morgan fingerprint density at radius 2 is 1.77 bits per heavy atom. The van der Waals surface area contributed by atoms with Crippen molar-refractivity contribution >= 4 is 23.3 Å². The number of ketones is 1. The molecule has 0 fully saturated rings. The van der Waals surface area contributed by atoms with Crippen LogP contribution < -0.4 is 5.32 Å². The molecule has 0 spiro atoms. The number of ether oxygens (including phenoxy) is 1. The van der Waals surface area contributed by atoms with Gasteiger partial charge in [0, 0.05) is 11.1 Å². The number of carbonyl (C=O) groups is 3. The molecule has 0 saturated carbocycles. The van der Waals surface area contributed by atoms with Crippen molar-refractivity contribution in [2.75, 3.05) is 11.9 Å². The summed E-state index contributed by atoms with van der Waals surface area (Å²) in [7, 11) is 0. The molecule has 22 heavy (non-hydrogen) atoms. The molecule has 1 N–H and O–H groups in total. The second-order valence-corrected chi connectivity index (χ2v) is 5.71. The lowest BCUT2D eigenvalue weighted by atomic mass is 9.91. The fraction of sp³-hybridized carbons (Fsp3) is 0.375. The molecule has 0 atom stereocenters. The minimum atomic E-state index is -0.604. The number of nitrogens with one attached hydrogen (secondary N) is 1. The van der Waals surface area contributed by atoms with Crippen LogP contribution >= 0.6 is 0 Å². The molecule has 1 amide bonds. The molecule has 0 radical (unpaired) electrons. The van der Waals surface area contributed by atoms with Gasteiger partial charge in [-0.3, -0.25) is 9.59 Å². The van der Waals surface area contributed by atoms with Gasteiger partial charge in [-0.25, -0.2) is 4.79 Å². The summed E-state index contributed by atoms with van der Waals surface area (Å²) in [6.07, 6.45) is -0.237. The van der Waals surface area contributed by atoms with Gasteiger partial charge < -0.3 is 10.1 Å². The molecule has 0 heterocycles. The minimum absolute atomic E-state index is 0.166. The molecule has 116 valence electrons. The molecule has 6 heteroatoms. The van der Waals surface area contributed by atoms with E-state index in [1.54, 1.807) is 26.8 Å². The van der Waals surface area contributed by atoms with Crippen LogP contribution in [0.1, 0.15) is 37.6 Å². The molecule has 0 unspecified atom stereocenters. The van der Waals surface area contributed by atoms with Crippen LogP contribution in [0.15, 0.2) is 24.3 Å². The molecule has 0 aromatic heterocycles. The average molecular weight is 302 g/mol. The van der Waals surface area contributed by atoms with E-state index < -0.39 is 17.3 Å². The molecule has 6 nitrogen and oxygen atoms in total. The Balaban J connectivity index is 2.59. The maximum absolute atomic E-state index is 11.8. The summed E-state index contributed by atoms with van der Waals surface area (Å²) in [5, 5.41) is 10.9. The predicted molar refractivity (Wildman–Crippen MR) is 80.0 cm³/mol. The predicted octanol–water partition coefficient (Wildman–Crippen LogP) is 2.31. The fourth-order valence-corrected chi connectivity index (χ4v) is 1.40. The summed E-state index contributed by atoms with van der Waals surface area (Å²) in [5.74, 6) is -1.19. The summed E-state index contributed by atoms with van der Waals surface area (Å²) in [4.78, 5) is 34.7. The van der Waals surface area contributed by atoms with E-state index in [2.05, 4.69) is 5.32 Å². The van der Waals surface area contributed by atoms with E-state index in [0.29, 0.717) is 5.69 Å². The molecule has 0 aliphatic heterocycles. The van der Waals surface area contributed by atoms with Gasteiger partial charge in [0.15, 0.2) is 12.4 Å². The third kappa shape index (κ3) is 5.37. The first-order chi connectivity index (χ1) is 10.2. The summed E-state index contributed by atoms with van der Waals surface area (Å²) >= 11 is 0. The van der Waals surface area contributed by atoms with Gasteiger partial charge >= 0.3 is 5.97 Å². The first-order valence-electron chi connectivity index (χ1n) is 6.71. The molecule has 0 bridgehead atoms. The second kappa shape index (κ2) is 7.36. The highest BCUT2D eigenvalue weighted by Gasteiger charge is 2.22. The lowest BCUT2D eigenvalue weighted by Gasteiger charge is -2.16. The zero-order chi connectivity index (χ0) is 16.8. The molecule has 1 aromatic rings. The molecule has 0 saturated heterocycles. The quantitative estimate of drug-likeness (QED) is 0.842. The van der Waals surface area contributed by atoms with Crippen LogP contribution in [0, 0.1) is 16.7 Å². The van der Waals surface area contributed by atoms with E-state index in [9.17, 15) is 14.4 Å². The Morgan fingerprint density at radius 3 is 2.27 bits per heavy atom. The zero-order valence-electron chi connectivity index (χ0n) is 12.8. The molecular weight excluding hydrogens is 284 g/mol. The highest BCUT2D eigenvalue weighted by atomic mass is 16.5. The van der Waals surface area contributed by atoms with Gasteiger partial charge in [0.2, 0.25) is 5.91 Å². The topological polar surface area (TPSA) is 96.3 Å². The van der Waals surface area contributed by atoms with Gasteiger partial charge in [-0.1, -0.05) is 20.8 Å². The second-order valence-electron chi connectivity index (χ2n) is 5.71. The van der Waals surface area contributed by atoms with E-state index in [-0.39, 0.29) is 24.4 Å². The lowest BCUT2D eigenvalue weighted by molar-refractivity contribution is -0.129. The number of hydrogen-bond donors (Lipinski definition) is 1. The van der Waals surface area contributed by atoms with E-state index in [0.717, 1.165) is 0 Å². The van der Waals surface area contributed by atoms with Crippen molar-refractivity contribution in [3.05, 3.63) is 29.8 Å². The number of rotatable bonds is 5. The number of nitrogens with zero attached hydrogens (tertiary/aromatic N) is 1. The standard InChI is InChI=1S/C16H18N2O4/c1-16(2,3)13(19)10-22-15(21)11-4-6-12(7-5-11)18-14(20)8-9-17/h4-7H,8,10H2,1-3H3,(H,18,20). The highest BCUT2D eigenvalue weighted by molar-refractivity contribution is 5.95. The molecular formula is C16H18N2O4. The van der Waals surface area contributed by atoms with Gasteiger partial charge in [0.25, 0.3) is 0 Å². The molecule has 0 aliphatic carbocycles. The highest BCUT2D eigenvalue weighted by Crippen LogP contribution is 2.15. The van der Waals surface area contributed by atoms with Gasteiger partial charge in [-0.05, 0) is 24.3 Å². The van der Waals surface area contributed by atoms with Crippen LogP contribution in [0.3, 0.4) is 0 Å². The van der Waals surface area contributed by atoms with E-state index in [1.165, 1.54) is 24.3 Å². The first-order valence-corrected chi connectivity index (χ1v) is 6.71. The number of Topliss-reactive ketones (excluding diaryl/α,β-unsaturated/α-hetero) is 1. The van der Waals surface area contributed by atoms with Crippen LogP contribution in [0.25, 0.3) is 0 Å². The number of amides is 1. The minimum Gasteiger partial charge on any atom is -0.454 e. The van der Waals surface area contributed by atoms with Crippen molar-refractivity contribution in [1.82, 2.24) is 0 Å². The zero-order valence-corrected chi connectivity index (χ0v) is 12.8. The average Bonchev–Trinajstić information content (AvgIpc) is 2.44. The van der Waals surface area contributed by atoms with Crippen LogP contribution in [-0.2, 0) is 14.3 Å². The Morgan fingerprint density at radius 1 is 1.18 bits per heavy atom. The largest absolute Gasteiger partial charge is 0.454 e. The van der Waals surface area contributed by atoms with Crippen LogP contribution in [0.2, 0.25) is 0 Å². The van der Waals surface area contributed by atoms with Gasteiger partial charge in [-0.2, -0.15) is 5.26 Å². The fourth-order valence-electron chi connectivity index (χ4n) is 1.40. The third-order valence-corrected chi connectivity index (χ3v) is 2.81. The number of benzene rings is 1. The van der Waals surface area contributed by atoms with Crippen molar-refractivity contribution in [3.63, 3.8) is 0 Å². The van der Waals surface area contributed by atoms with E-state index >= 15 is 0 Å². The van der Waals surface area contributed by atoms with Crippen LogP contribution in [0.5, 0.6) is 0 Å². The Hall–Kier alpha value is -2.68. The Labute approximate surface area is 129 Å². The number of hydrogen-bond acceptors (Lipinski definition) is 5. The van der Waals surface area contributed by atoms with Gasteiger partial charge in [0.1, 0.15) is 6.42 Å². The summed E-state index contributed by atoms with van der Waals surface area (Å²) in [6.45, 7) is 4.98. The van der Waals surface area contributed by atoms with Gasteiger partial charge in [0.05, 0.1) is 11.6 Å². The number of carbonyl (C=O) groups excluding carboxylic acids is 3. The van der Waals surface area contributed by atoms with E-state index in [1.807, 2.05) is 0 Å². The lowest BCUT2D eigenvalue weighted by Crippen LogP contribution is -2.26. The number of anilines is 1. The van der Waals surface area contributed by atoms with Crippen molar-refractivity contribution in [2.24, 2.45) is 5.41 Å². The normalized spacial score (nSPS) is 10.5. The van der Waals surface area contributed by atoms with Crippen molar-refractivity contribution in [1.29, 1.82) is 5.26 Å². The summed E-state index contributed by atoms with van der Waals surface area (Å²) in [6, 6.07) is 7.75. The smallest absolute Gasteiger partial charge is 0.338 e. The summed E-state index contributed by atoms with van der Waals surface area (Å²) in [5.41, 5.74) is 0.192.